The SMILES string of the molecule is Cc1noc(C(C)C)c1C(=O)Nc1cnn(CC(=O)O)c1. The molecule has 2 aromatic rings. The number of aliphatic carboxylic acids is 1. The van der Waals surface area contributed by atoms with E-state index in [4.69, 9.17) is 9.63 Å². The molecule has 2 N–H and O–H groups in total. The highest BCUT2D eigenvalue weighted by atomic mass is 16.5. The van der Waals surface area contributed by atoms with E-state index in [1.165, 1.54) is 17.1 Å². The van der Waals surface area contributed by atoms with Crippen LogP contribution in [0.15, 0.2) is 16.9 Å². The average Bonchev–Trinajstić information content (AvgIpc) is 2.95. The normalized spacial score (nSPS) is 10.9. The zero-order valence-electron chi connectivity index (χ0n) is 12.0. The number of carbonyl (C=O) groups excluding carboxylic acids is 1. The minimum atomic E-state index is -1.01. The van der Waals surface area contributed by atoms with Gasteiger partial charge in [-0.05, 0) is 6.92 Å². The minimum Gasteiger partial charge on any atom is -0.480 e. The van der Waals surface area contributed by atoms with Crippen molar-refractivity contribution >= 4 is 17.6 Å². The molecular weight excluding hydrogens is 276 g/mol. The minimum absolute atomic E-state index is 0.0293. The van der Waals surface area contributed by atoms with Crippen molar-refractivity contribution in [3.05, 3.63) is 29.4 Å². The van der Waals surface area contributed by atoms with Gasteiger partial charge in [-0.2, -0.15) is 5.10 Å². The van der Waals surface area contributed by atoms with E-state index in [1.54, 1.807) is 6.92 Å². The predicted octanol–water partition coefficient (Wildman–Crippen LogP) is 1.64. The Balaban J connectivity index is 2.16. The Hall–Kier alpha value is -2.64. The van der Waals surface area contributed by atoms with E-state index in [9.17, 15) is 9.59 Å². The highest BCUT2D eigenvalue weighted by Crippen LogP contribution is 2.23. The summed E-state index contributed by atoms with van der Waals surface area (Å²) in [6, 6.07) is 0. The van der Waals surface area contributed by atoms with Gasteiger partial charge in [-0.3, -0.25) is 14.3 Å². The number of rotatable bonds is 5. The molecule has 0 aliphatic rings. The molecule has 1 amide bonds. The number of nitrogens with zero attached hydrogens (tertiary/aromatic N) is 3. The number of aromatic nitrogens is 3. The number of amides is 1. The molecule has 112 valence electrons. The zero-order chi connectivity index (χ0) is 15.6. The molecule has 8 nitrogen and oxygen atoms in total. The molecule has 2 heterocycles. The van der Waals surface area contributed by atoms with Crippen LogP contribution in [-0.2, 0) is 11.3 Å². The van der Waals surface area contributed by atoms with Crippen LogP contribution in [0.4, 0.5) is 5.69 Å². The summed E-state index contributed by atoms with van der Waals surface area (Å²) in [5.74, 6) is -0.815. The molecule has 0 bridgehead atoms. The van der Waals surface area contributed by atoms with Crippen molar-refractivity contribution in [1.29, 1.82) is 0 Å². The first-order chi connectivity index (χ1) is 9.88. The second-order valence-electron chi connectivity index (χ2n) is 4.94. The highest BCUT2D eigenvalue weighted by Gasteiger charge is 2.22. The van der Waals surface area contributed by atoms with Crippen LogP contribution in [0.25, 0.3) is 0 Å². The molecule has 0 spiro atoms. The van der Waals surface area contributed by atoms with E-state index in [0.717, 1.165) is 0 Å². The standard InChI is InChI=1S/C13H16N4O4/c1-7(2)12-11(8(3)16-21-12)13(20)15-9-4-14-17(5-9)6-10(18)19/h4-5,7H,6H2,1-3H3,(H,15,20)(H,18,19). The van der Waals surface area contributed by atoms with E-state index < -0.39 is 5.97 Å². The van der Waals surface area contributed by atoms with Gasteiger partial charge in [-0.15, -0.1) is 0 Å². The Bertz CT molecular complexity index is 672. The van der Waals surface area contributed by atoms with Gasteiger partial charge in [0.15, 0.2) is 5.76 Å². The first-order valence-electron chi connectivity index (χ1n) is 6.40. The van der Waals surface area contributed by atoms with Crippen LogP contribution in [0, 0.1) is 6.92 Å². The fraction of sp³-hybridized carbons (Fsp3) is 0.385. The highest BCUT2D eigenvalue weighted by molar-refractivity contribution is 6.05. The molecule has 0 radical (unpaired) electrons. The van der Waals surface area contributed by atoms with E-state index >= 15 is 0 Å². The molecule has 0 atom stereocenters. The lowest BCUT2D eigenvalue weighted by Gasteiger charge is -2.05. The van der Waals surface area contributed by atoms with Crippen LogP contribution < -0.4 is 5.32 Å². The third kappa shape index (κ3) is 3.28. The van der Waals surface area contributed by atoms with Gasteiger partial charge in [0.2, 0.25) is 0 Å². The number of carbonyl (C=O) groups is 2. The molecule has 8 heteroatoms. The quantitative estimate of drug-likeness (QED) is 0.866. The molecule has 0 saturated heterocycles. The van der Waals surface area contributed by atoms with Crippen molar-refractivity contribution in [2.24, 2.45) is 0 Å². The largest absolute Gasteiger partial charge is 0.480 e. The van der Waals surface area contributed by atoms with Crippen LogP contribution in [-0.4, -0.2) is 31.9 Å². The Labute approximate surface area is 120 Å². The molecular formula is C13H16N4O4. The van der Waals surface area contributed by atoms with Crippen LogP contribution >= 0.6 is 0 Å². The number of aryl methyl sites for hydroxylation is 1. The predicted molar refractivity (Wildman–Crippen MR) is 73.1 cm³/mol. The number of hydrogen-bond acceptors (Lipinski definition) is 5. The number of anilines is 1. The van der Waals surface area contributed by atoms with E-state index in [0.29, 0.717) is 22.7 Å². The molecule has 0 fully saturated rings. The number of hydrogen-bond donors (Lipinski definition) is 2. The Morgan fingerprint density at radius 1 is 1.48 bits per heavy atom. The Kier molecular flexibility index (Phi) is 4.06. The van der Waals surface area contributed by atoms with Gasteiger partial charge in [0.05, 0.1) is 17.6 Å². The fourth-order valence-electron chi connectivity index (χ4n) is 1.90. The van der Waals surface area contributed by atoms with E-state index in [2.05, 4.69) is 15.6 Å². The number of carboxylic acids is 1. The summed E-state index contributed by atoms with van der Waals surface area (Å²) >= 11 is 0. The zero-order valence-corrected chi connectivity index (χ0v) is 12.0. The van der Waals surface area contributed by atoms with Crippen LogP contribution in [0.5, 0.6) is 0 Å². The van der Waals surface area contributed by atoms with Crippen LogP contribution in [0.3, 0.4) is 0 Å². The summed E-state index contributed by atoms with van der Waals surface area (Å²) in [5, 5.41) is 19.0. The summed E-state index contributed by atoms with van der Waals surface area (Å²) in [4.78, 5) is 22.9. The number of carboxylic acid groups (broad SMARTS) is 1. The summed E-state index contributed by atoms with van der Waals surface area (Å²) < 4.78 is 6.39. The van der Waals surface area contributed by atoms with Gasteiger partial charge in [0, 0.05) is 12.1 Å². The average molecular weight is 292 g/mol. The summed E-state index contributed by atoms with van der Waals surface area (Å²) in [6.45, 7) is 5.24. The van der Waals surface area contributed by atoms with E-state index in [-0.39, 0.29) is 18.4 Å². The Morgan fingerprint density at radius 2 is 2.19 bits per heavy atom. The lowest BCUT2D eigenvalue weighted by atomic mass is 10.0. The first kappa shape index (κ1) is 14.8. The van der Waals surface area contributed by atoms with Gasteiger partial charge in [-0.25, -0.2) is 0 Å². The lowest BCUT2D eigenvalue weighted by Crippen LogP contribution is -2.14. The van der Waals surface area contributed by atoms with Crippen molar-refractivity contribution in [1.82, 2.24) is 14.9 Å². The molecule has 2 aromatic heterocycles. The van der Waals surface area contributed by atoms with Gasteiger partial charge in [0.1, 0.15) is 12.1 Å². The molecule has 0 aromatic carbocycles. The monoisotopic (exact) mass is 292 g/mol. The van der Waals surface area contributed by atoms with Crippen LogP contribution in [0.1, 0.15) is 41.6 Å². The first-order valence-corrected chi connectivity index (χ1v) is 6.40. The van der Waals surface area contributed by atoms with Crippen LogP contribution in [0.2, 0.25) is 0 Å². The topological polar surface area (TPSA) is 110 Å². The van der Waals surface area contributed by atoms with Crippen molar-refractivity contribution < 1.29 is 19.2 Å². The summed E-state index contributed by atoms with van der Waals surface area (Å²) in [5.41, 5.74) is 1.32. The fourth-order valence-corrected chi connectivity index (χ4v) is 1.90. The van der Waals surface area contributed by atoms with Crippen molar-refractivity contribution in [3.63, 3.8) is 0 Å². The Morgan fingerprint density at radius 3 is 2.81 bits per heavy atom. The van der Waals surface area contributed by atoms with Gasteiger partial charge in [0.25, 0.3) is 5.91 Å². The van der Waals surface area contributed by atoms with Crippen molar-refractivity contribution in [2.75, 3.05) is 5.32 Å². The molecule has 0 unspecified atom stereocenters. The second-order valence-corrected chi connectivity index (χ2v) is 4.94. The molecule has 21 heavy (non-hydrogen) atoms. The third-order valence-electron chi connectivity index (χ3n) is 2.83. The van der Waals surface area contributed by atoms with E-state index in [1.807, 2.05) is 13.8 Å². The maximum Gasteiger partial charge on any atom is 0.325 e. The van der Waals surface area contributed by atoms with Crippen molar-refractivity contribution in [2.45, 2.75) is 33.2 Å². The number of nitrogens with one attached hydrogen (secondary N) is 1. The third-order valence-corrected chi connectivity index (χ3v) is 2.83. The molecule has 0 aliphatic heterocycles. The van der Waals surface area contributed by atoms with Gasteiger partial charge in [-0.1, -0.05) is 19.0 Å². The summed E-state index contributed by atoms with van der Waals surface area (Å²) in [6.07, 6.45) is 2.84. The van der Waals surface area contributed by atoms with Crippen molar-refractivity contribution in [3.8, 4) is 0 Å². The molecule has 0 aliphatic carbocycles. The van der Waals surface area contributed by atoms with Gasteiger partial charge >= 0.3 is 5.97 Å². The maximum absolute atomic E-state index is 12.3. The maximum atomic E-state index is 12.3. The van der Waals surface area contributed by atoms with Gasteiger partial charge < -0.3 is 14.9 Å². The lowest BCUT2D eigenvalue weighted by molar-refractivity contribution is -0.137. The smallest absolute Gasteiger partial charge is 0.325 e. The molecule has 2 rings (SSSR count). The summed E-state index contributed by atoms with van der Waals surface area (Å²) in [7, 11) is 0. The molecule has 0 saturated carbocycles. The second kappa shape index (κ2) is 5.78.